The average Bonchev–Trinajstić information content (AvgIpc) is 3.58. The van der Waals surface area contributed by atoms with Crippen LogP contribution in [-0.4, -0.2) is 66.2 Å². The number of methoxy groups -OCH3 is 2. The number of amides is 1. The van der Waals surface area contributed by atoms with Crippen LogP contribution < -0.4 is 18.9 Å². The number of carbonyl (C=O) groups is 4. The predicted molar refractivity (Wildman–Crippen MR) is 158 cm³/mol. The summed E-state index contributed by atoms with van der Waals surface area (Å²) >= 11 is 1.29. The van der Waals surface area contributed by atoms with Crippen molar-refractivity contribution in [3.63, 3.8) is 0 Å². The van der Waals surface area contributed by atoms with Gasteiger partial charge in [-0.25, -0.2) is 0 Å². The number of carbonyl (C=O) groups excluding carboxylic acids is 2. The fourth-order valence-electron chi connectivity index (χ4n) is 4.67. The number of benzene rings is 2. The number of aliphatic carboxylic acids is 2. The molecule has 0 spiro atoms. The van der Waals surface area contributed by atoms with E-state index in [0.717, 1.165) is 21.2 Å². The van der Waals surface area contributed by atoms with Crippen LogP contribution in [0.2, 0.25) is 0 Å². The first kappa shape index (κ1) is 31.6. The summed E-state index contributed by atoms with van der Waals surface area (Å²) in [5.41, 5.74) is 0.699. The van der Waals surface area contributed by atoms with Crippen molar-refractivity contribution in [2.75, 3.05) is 27.4 Å². The zero-order valence-electron chi connectivity index (χ0n) is 24.6. The maximum Gasteiger partial charge on any atom is 0.309 e. The van der Waals surface area contributed by atoms with Crippen molar-refractivity contribution < 1.29 is 48.3 Å². The molecule has 0 saturated carbocycles. The summed E-state index contributed by atoms with van der Waals surface area (Å²) in [5.74, 6) is -0.348. The molecule has 0 saturated heterocycles. The number of fused-ring (bicyclic) bond motifs is 2. The standard InChI is InChI=1S/C31H35NO10S/c1-31(2,30(37)38)15-21(33)27-13-18-10-24(23(40-4)14-26(18)43-27)41-8-5-9-42-25-12-20-17-32(28(34)6-7-29(35)36)16-19(20)11-22(25)39-3/h10-14H,5-9,15-17H2,1-4H3,(H,35,36)(H,37,38). The Balaban J connectivity index is 1.34. The first-order valence-electron chi connectivity index (χ1n) is 13.7. The minimum atomic E-state index is -1.16. The van der Waals surface area contributed by atoms with Gasteiger partial charge in [0.2, 0.25) is 5.91 Å². The summed E-state index contributed by atoms with van der Waals surface area (Å²) in [4.78, 5) is 49.5. The molecule has 0 aliphatic carbocycles. The van der Waals surface area contributed by atoms with E-state index in [4.69, 9.17) is 24.1 Å². The van der Waals surface area contributed by atoms with E-state index >= 15 is 0 Å². The molecule has 0 fully saturated rings. The van der Waals surface area contributed by atoms with E-state index < -0.39 is 17.4 Å². The molecule has 1 amide bonds. The summed E-state index contributed by atoms with van der Waals surface area (Å²) in [6, 6.07) is 9.04. The Morgan fingerprint density at radius 2 is 1.42 bits per heavy atom. The molecular formula is C31H35NO10S. The monoisotopic (exact) mass is 613 g/mol. The van der Waals surface area contributed by atoms with Crippen LogP contribution in [0, 0.1) is 5.41 Å². The number of ketones is 1. The molecule has 11 nitrogen and oxygen atoms in total. The highest BCUT2D eigenvalue weighted by Crippen LogP contribution is 2.38. The fourth-order valence-corrected chi connectivity index (χ4v) is 5.68. The van der Waals surface area contributed by atoms with Crippen LogP contribution in [0.4, 0.5) is 0 Å². The van der Waals surface area contributed by atoms with Crippen LogP contribution in [0.5, 0.6) is 23.0 Å². The number of thiophene rings is 1. The van der Waals surface area contributed by atoms with Crippen LogP contribution in [-0.2, 0) is 27.5 Å². The van der Waals surface area contributed by atoms with Gasteiger partial charge in [0.25, 0.3) is 0 Å². The lowest BCUT2D eigenvalue weighted by Crippen LogP contribution is -2.26. The summed E-state index contributed by atoms with van der Waals surface area (Å²) in [5, 5.41) is 19.0. The van der Waals surface area contributed by atoms with Crippen molar-refractivity contribution in [1.29, 1.82) is 0 Å². The Morgan fingerprint density at radius 1 is 0.837 bits per heavy atom. The SMILES string of the molecule is COc1cc2c(cc1OCCCOc1cc3cc(C(=O)CC(C)(C)C(=O)O)sc3cc1OC)CN(C(=O)CCC(=O)O)C2. The van der Waals surface area contributed by atoms with Crippen LogP contribution in [0.3, 0.4) is 0 Å². The highest BCUT2D eigenvalue weighted by molar-refractivity contribution is 7.20. The van der Waals surface area contributed by atoms with E-state index in [0.29, 0.717) is 60.6 Å². The average molecular weight is 614 g/mol. The van der Waals surface area contributed by atoms with Gasteiger partial charge in [0, 0.05) is 43.1 Å². The van der Waals surface area contributed by atoms with Crippen molar-refractivity contribution in [2.45, 2.75) is 52.6 Å². The molecule has 4 rings (SSSR count). The number of Topliss-reactive ketones (excluding diaryl/α,β-unsaturated/α-hetero) is 1. The molecule has 1 aliphatic rings. The Kier molecular flexibility index (Phi) is 9.80. The quantitative estimate of drug-likeness (QED) is 0.174. The number of rotatable bonds is 15. The molecule has 12 heteroatoms. The van der Waals surface area contributed by atoms with Crippen LogP contribution in [0.1, 0.15) is 60.3 Å². The lowest BCUT2D eigenvalue weighted by Gasteiger charge is -2.16. The second-order valence-electron chi connectivity index (χ2n) is 10.9. The van der Waals surface area contributed by atoms with Gasteiger partial charge in [-0.3, -0.25) is 19.2 Å². The summed E-state index contributed by atoms with van der Waals surface area (Å²) in [7, 11) is 3.08. The molecule has 1 aromatic heterocycles. The molecular weight excluding hydrogens is 578 g/mol. The lowest BCUT2D eigenvalue weighted by atomic mass is 9.87. The van der Waals surface area contributed by atoms with E-state index in [9.17, 15) is 24.3 Å². The van der Waals surface area contributed by atoms with E-state index in [1.807, 2.05) is 12.1 Å². The molecule has 2 heterocycles. The normalized spacial score (nSPS) is 12.6. The topological polar surface area (TPSA) is 149 Å². The van der Waals surface area contributed by atoms with Crippen LogP contribution in [0.25, 0.3) is 10.1 Å². The van der Waals surface area contributed by atoms with Gasteiger partial charge in [0.15, 0.2) is 28.8 Å². The fraction of sp³-hybridized carbons (Fsp3) is 0.419. The third kappa shape index (κ3) is 7.56. The molecule has 0 bridgehead atoms. The second-order valence-corrected chi connectivity index (χ2v) is 12.0. The van der Waals surface area contributed by atoms with Crippen molar-refractivity contribution >= 4 is 45.1 Å². The minimum absolute atomic E-state index is 0.0433. The van der Waals surface area contributed by atoms with Gasteiger partial charge in [0.1, 0.15) is 0 Å². The Hall–Kier alpha value is -4.32. The highest BCUT2D eigenvalue weighted by atomic mass is 32.1. The van der Waals surface area contributed by atoms with Crippen molar-refractivity contribution in [3.05, 3.63) is 46.3 Å². The van der Waals surface area contributed by atoms with Gasteiger partial charge in [-0.1, -0.05) is 0 Å². The Labute approximate surface area is 252 Å². The summed E-state index contributed by atoms with van der Waals surface area (Å²) in [6.45, 7) is 4.49. The van der Waals surface area contributed by atoms with E-state index in [-0.39, 0.29) is 31.0 Å². The largest absolute Gasteiger partial charge is 0.493 e. The molecule has 230 valence electrons. The van der Waals surface area contributed by atoms with Crippen molar-refractivity contribution in [1.82, 2.24) is 4.90 Å². The van der Waals surface area contributed by atoms with Crippen LogP contribution >= 0.6 is 11.3 Å². The predicted octanol–water partition coefficient (Wildman–Crippen LogP) is 5.16. The van der Waals surface area contributed by atoms with Gasteiger partial charge < -0.3 is 34.1 Å². The maximum atomic E-state index is 12.8. The molecule has 0 unspecified atom stereocenters. The molecule has 0 radical (unpaired) electrons. The van der Waals surface area contributed by atoms with Gasteiger partial charge in [-0.15, -0.1) is 11.3 Å². The van der Waals surface area contributed by atoms with E-state index in [2.05, 4.69) is 0 Å². The number of hydrogen-bond donors (Lipinski definition) is 2. The number of hydrogen-bond acceptors (Lipinski definition) is 9. The number of nitrogens with zero attached hydrogens (tertiary/aromatic N) is 1. The molecule has 0 atom stereocenters. The third-order valence-corrected chi connectivity index (χ3v) is 8.32. The van der Waals surface area contributed by atoms with Crippen LogP contribution in [0.15, 0.2) is 30.3 Å². The van der Waals surface area contributed by atoms with E-state index in [1.165, 1.54) is 32.3 Å². The molecule has 3 aromatic rings. The zero-order valence-corrected chi connectivity index (χ0v) is 25.4. The molecule has 43 heavy (non-hydrogen) atoms. The summed E-state index contributed by atoms with van der Waals surface area (Å²) in [6.07, 6.45) is 0.192. The second kappa shape index (κ2) is 13.3. The van der Waals surface area contributed by atoms with Crippen molar-refractivity contribution in [3.8, 4) is 23.0 Å². The number of carboxylic acids is 2. The maximum absolute atomic E-state index is 12.8. The third-order valence-electron chi connectivity index (χ3n) is 7.18. The zero-order chi connectivity index (χ0) is 31.3. The van der Waals surface area contributed by atoms with Gasteiger partial charge in [-0.2, -0.15) is 0 Å². The van der Waals surface area contributed by atoms with Gasteiger partial charge in [-0.05, 0) is 54.6 Å². The number of carboxylic acid groups (broad SMARTS) is 2. The molecule has 1 aliphatic heterocycles. The Morgan fingerprint density at radius 3 is 2.00 bits per heavy atom. The first-order valence-corrected chi connectivity index (χ1v) is 14.6. The van der Waals surface area contributed by atoms with Gasteiger partial charge in [0.05, 0.1) is 44.1 Å². The minimum Gasteiger partial charge on any atom is -0.493 e. The first-order chi connectivity index (χ1) is 20.4. The van der Waals surface area contributed by atoms with E-state index in [1.54, 1.807) is 30.2 Å². The number of ether oxygens (including phenoxy) is 4. The Bertz CT molecular complexity index is 1540. The lowest BCUT2D eigenvalue weighted by molar-refractivity contribution is -0.146. The highest BCUT2D eigenvalue weighted by Gasteiger charge is 2.31. The molecule has 2 aromatic carbocycles. The van der Waals surface area contributed by atoms with Gasteiger partial charge >= 0.3 is 11.9 Å². The molecule has 2 N–H and O–H groups in total. The summed E-state index contributed by atoms with van der Waals surface area (Å²) < 4.78 is 23.8. The van der Waals surface area contributed by atoms with Crippen molar-refractivity contribution in [2.24, 2.45) is 5.41 Å². The smallest absolute Gasteiger partial charge is 0.309 e.